The standard InChI is InChI=1S/C21H27N5O4/c1-2-24-18-17(19(28)25(21(24)29)11-4-12-27)26(13-14-7-9-15(22)10-8-14)20(23-18)30-16-5-3-6-16/h7-10,16,27H,2-6,11-13,22H2,1H3. The highest BCUT2D eigenvalue weighted by Crippen LogP contribution is 2.27. The third-order valence-electron chi connectivity index (χ3n) is 5.58. The lowest BCUT2D eigenvalue weighted by Gasteiger charge is -2.25. The maximum absolute atomic E-state index is 13.3. The van der Waals surface area contributed by atoms with Crippen LogP contribution in [0.4, 0.5) is 5.69 Å². The molecule has 3 N–H and O–H groups in total. The number of rotatable bonds is 8. The van der Waals surface area contributed by atoms with Gasteiger partial charge in [0.15, 0.2) is 11.2 Å². The molecule has 0 bridgehead atoms. The first-order valence-corrected chi connectivity index (χ1v) is 10.4. The van der Waals surface area contributed by atoms with Crippen LogP contribution in [-0.2, 0) is 19.6 Å². The van der Waals surface area contributed by atoms with Crippen LogP contribution in [0.1, 0.15) is 38.2 Å². The average Bonchev–Trinajstić information content (AvgIpc) is 3.05. The van der Waals surface area contributed by atoms with E-state index in [4.69, 9.17) is 10.5 Å². The van der Waals surface area contributed by atoms with E-state index in [1.165, 1.54) is 9.13 Å². The molecular weight excluding hydrogens is 386 g/mol. The molecule has 1 aromatic carbocycles. The Morgan fingerprint density at radius 1 is 1.17 bits per heavy atom. The van der Waals surface area contributed by atoms with Crippen molar-refractivity contribution in [1.29, 1.82) is 0 Å². The first-order valence-electron chi connectivity index (χ1n) is 10.4. The second kappa shape index (κ2) is 8.35. The second-order valence-electron chi connectivity index (χ2n) is 7.63. The summed E-state index contributed by atoms with van der Waals surface area (Å²) in [7, 11) is 0. The third kappa shape index (κ3) is 3.60. The van der Waals surface area contributed by atoms with Gasteiger partial charge >= 0.3 is 5.69 Å². The highest BCUT2D eigenvalue weighted by Gasteiger charge is 2.26. The van der Waals surface area contributed by atoms with Gasteiger partial charge in [0.25, 0.3) is 11.6 Å². The van der Waals surface area contributed by atoms with Gasteiger partial charge in [-0.1, -0.05) is 12.1 Å². The van der Waals surface area contributed by atoms with E-state index in [-0.39, 0.29) is 19.3 Å². The number of fused-ring (bicyclic) bond motifs is 1. The SMILES string of the molecule is CCn1c(=O)n(CCCO)c(=O)c2c1nc(OC1CCC1)n2Cc1ccc(N)cc1. The minimum atomic E-state index is -0.421. The molecule has 9 heteroatoms. The maximum atomic E-state index is 13.3. The van der Waals surface area contributed by atoms with Crippen molar-refractivity contribution in [2.75, 3.05) is 12.3 Å². The van der Waals surface area contributed by atoms with Crippen LogP contribution in [0.25, 0.3) is 11.2 Å². The summed E-state index contributed by atoms with van der Waals surface area (Å²) in [5.74, 6) is 0. The zero-order valence-corrected chi connectivity index (χ0v) is 17.1. The Labute approximate surface area is 173 Å². The number of benzene rings is 1. The van der Waals surface area contributed by atoms with Gasteiger partial charge in [-0.15, -0.1) is 0 Å². The lowest BCUT2D eigenvalue weighted by atomic mass is 9.96. The Bertz CT molecular complexity index is 1160. The molecule has 2 aromatic heterocycles. The van der Waals surface area contributed by atoms with Crippen molar-refractivity contribution in [2.24, 2.45) is 0 Å². The molecule has 1 aliphatic carbocycles. The van der Waals surface area contributed by atoms with Crippen molar-refractivity contribution in [3.05, 3.63) is 50.7 Å². The predicted octanol–water partition coefficient (Wildman–Crippen LogP) is 1.32. The van der Waals surface area contributed by atoms with Crippen molar-refractivity contribution in [3.63, 3.8) is 0 Å². The van der Waals surface area contributed by atoms with Crippen LogP contribution < -0.4 is 21.7 Å². The minimum absolute atomic E-state index is 0.0744. The van der Waals surface area contributed by atoms with Crippen molar-refractivity contribution >= 4 is 16.9 Å². The van der Waals surface area contributed by atoms with Gasteiger partial charge in [0.2, 0.25) is 0 Å². The van der Waals surface area contributed by atoms with E-state index in [2.05, 4.69) is 4.98 Å². The monoisotopic (exact) mass is 413 g/mol. The van der Waals surface area contributed by atoms with Gasteiger partial charge in [0, 0.05) is 25.4 Å². The molecule has 0 spiro atoms. The van der Waals surface area contributed by atoms with Crippen molar-refractivity contribution in [3.8, 4) is 6.01 Å². The van der Waals surface area contributed by atoms with Crippen LogP contribution in [0, 0.1) is 0 Å². The fourth-order valence-corrected chi connectivity index (χ4v) is 3.66. The first kappa shape index (κ1) is 20.2. The number of imidazole rings is 1. The smallest absolute Gasteiger partial charge is 0.332 e. The minimum Gasteiger partial charge on any atom is -0.461 e. The number of aryl methyl sites for hydroxylation is 1. The Morgan fingerprint density at radius 2 is 1.90 bits per heavy atom. The lowest BCUT2D eigenvalue weighted by molar-refractivity contribution is 0.104. The molecule has 4 rings (SSSR count). The molecule has 160 valence electrons. The van der Waals surface area contributed by atoms with Crippen LogP contribution in [-0.4, -0.2) is 36.5 Å². The summed E-state index contributed by atoms with van der Waals surface area (Å²) in [6, 6.07) is 7.76. The van der Waals surface area contributed by atoms with E-state index >= 15 is 0 Å². The third-order valence-corrected chi connectivity index (χ3v) is 5.58. The molecule has 0 radical (unpaired) electrons. The second-order valence-corrected chi connectivity index (χ2v) is 7.63. The normalized spacial score (nSPS) is 14.2. The van der Waals surface area contributed by atoms with Crippen LogP contribution in [0.2, 0.25) is 0 Å². The zero-order valence-electron chi connectivity index (χ0n) is 17.1. The van der Waals surface area contributed by atoms with Crippen molar-refractivity contribution in [2.45, 2.75) is 58.3 Å². The van der Waals surface area contributed by atoms with Gasteiger partial charge in [-0.25, -0.2) is 4.79 Å². The molecule has 3 aromatic rings. The molecule has 30 heavy (non-hydrogen) atoms. The summed E-state index contributed by atoms with van der Waals surface area (Å²) in [6.45, 7) is 2.63. The topological polar surface area (TPSA) is 117 Å². The Morgan fingerprint density at radius 3 is 2.50 bits per heavy atom. The average molecular weight is 413 g/mol. The van der Waals surface area contributed by atoms with E-state index in [1.54, 1.807) is 4.57 Å². The molecule has 9 nitrogen and oxygen atoms in total. The van der Waals surface area contributed by atoms with Gasteiger partial charge < -0.3 is 15.6 Å². The molecule has 0 amide bonds. The summed E-state index contributed by atoms with van der Waals surface area (Å²) in [5, 5.41) is 9.19. The van der Waals surface area contributed by atoms with Crippen LogP contribution in [0.15, 0.2) is 33.9 Å². The summed E-state index contributed by atoms with van der Waals surface area (Å²) in [6.07, 6.45) is 3.40. The Balaban J connectivity index is 1.92. The molecule has 0 saturated heterocycles. The number of hydrogen-bond donors (Lipinski definition) is 2. The van der Waals surface area contributed by atoms with E-state index in [0.717, 1.165) is 24.8 Å². The number of nitrogen functional groups attached to an aromatic ring is 1. The van der Waals surface area contributed by atoms with Gasteiger partial charge in [-0.05, 0) is 50.3 Å². The summed E-state index contributed by atoms with van der Waals surface area (Å²) in [5.41, 5.74) is 7.23. The van der Waals surface area contributed by atoms with E-state index in [0.29, 0.717) is 42.4 Å². The fourth-order valence-electron chi connectivity index (χ4n) is 3.66. The van der Waals surface area contributed by atoms with Crippen molar-refractivity contribution in [1.82, 2.24) is 18.7 Å². The highest BCUT2D eigenvalue weighted by molar-refractivity contribution is 5.72. The molecule has 1 saturated carbocycles. The molecular formula is C21H27N5O4. The number of nitrogens with two attached hydrogens (primary N) is 1. The molecule has 1 fully saturated rings. The van der Waals surface area contributed by atoms with Crippen LogP contribution in [0.3, 0.4) is 0 Å². The maximum Gasteiger partial charge on any atom is 0.332 e. The number of aliphatic hydroxyl groups is 1. The summed E-state index contributed by atoms with van der Waals surface area (Å²) < 4.78 is 10.5. The van der Waals surface area contributed by atoms with E-state index in [9.17, 15) is 14.7 Å². The predicted molar refractivity (Wildman–Crippen MR) is 114 cm³/mol. The summed E-state index contributed by atoms with van der Waals surface area (Å²) >= 11 is 0. The van der Waals surface area contributed by atoms with Crippen LogP contribution >= 0.6 is 0 Å². The number of nitrogens with zero attached hydrogens (tertiary/aromatic N) is 4. The zero-order chi connectivity index (χ0) is 21.3. The first-order chi connectivity index (χ1) is 14.5. The Kier molecular flexibility index (Phi) is 5.63. The van der Waals surface area contributed by atoms with Gasteiger partial charge in [0.05, 0.1) is 6.54 Å². The largest absolute Gasteiger partial charge is 0.461 e. The molecule has 0 atom stereocenters. The van der Waals surface area contributed by atoms with Gasteiger partial charge in [-0.3, -0.25) is 18.5 Å². The van der Waals surface area contributed by atoms with Gasteiger partial charge in [0.1, 0.15) is 6.10 Å². The Hall–Kier alpha value is -3.07. The van der Waals surface area contributed by atoms with E-state index < -0.39 is 11.2 Å². The summed E-state index contributed by atoms with van der Waals surface area (Å²) in [4.78, 5) is 30.8. The number of aromatic nitrogens is 4. The fraction of sp³-hybridized carbons (Fsp3) is 0.476. The number of aliphatic hydroxyl groups excluding tert-OH is 1. The molecule has 0 aliphatic heterocycles. The molecule has 0 unspecified atom stereocenters. The van der Waals surface area contributed by atoms with Crippen LogP contribution in [0.5, 0.6) is 6.01 Å². The molecule has 1 aliphatic rings. The van der Waals surface area contributed by atoms with E-state index in [1.807, 2.05) is 31.2 Å². The number of ether oxygens (including phenoxy) is 1. The molecule has 2 heterocycles. The number of anilines is 1. The van der Waals surface area contributed by atoms with Gasteiger partial charge in [-0.2, -0.15) is 4.98 Å². The van der Waals surface area contributed by atoms with Crippen molar-refractivity contribution < 1.29 is 9.84 Å². The lowest BCUT2D eigenvalue weighted by Crippen LogP contribution is -2.40. The quantitative estimate of drug-likeness (QED) is 0.538. The highest BCUT2D eigenvalue weighted by atomic mass is 16.5. The number of hydrogen-bond acceptors (Lipinski definition) is 6.